The normalized spacial score (nSPS) is 12.6. The lowest BCUT2D eigenvalue weighted by atomic mass is 9.97. The highest BCUT2D eigenvalue weighted by Crippen LogP contribution is 2.42. The van der Waals surface area contributed by atoms with E-state index in [1.54, 1.807) is 0 Å². The second-order valence-corrected chi connectivity index (χ2v) is 13.9. The average Bonchev–Trinajstić information content (AvgIpc) is 3.79. The molecular formula is C49H32N4O. The summed E-state index contributed by atoms with van der Waals surface area (Å²) in [6.45, 7) is 0. The topological polar surface area (TPSA) is 56.7 Å². The predicted molar refractivity (Wildman–Crippen MR) is 221 cm³/mol. The molecule has 0 saturated heterocycles. The van der Waals surface area contributed by atoms with Crippen LogP contribution >= 0.6 is 0 Å². The van der Waals surface area contributed by atoms with Gasteiger partial charge in [-0.15, -0.1) is 0 Å². The molecule has 0 fully saturated rings. The molecule has 5 nitrogen and oxygen atoms in total. The van der Waals surface area contributed by atoms with Crippen molar-refractivity contribution in [1.82, 2.24) is 19.5 Å². The molecule has 0 atom stereocenters. The molecule has 1 aliphatic carbocycles. The Kier molecular flexibility index (Phi) is 6.92. The van der Waals surface area contributed by atoms with E-state index in [0.717, 1.165) is 57.2 Å². The molecule has 254 valence electrons. The molecular weight excluding hydrogens is 661 g/mol. The summed E-state index contributed by atoms with van der Waals surface area (Å²) in [7, 11) is 0. The molecule has 0 aliphatic heterocycles. The highest BCUT2D eigenvalue weighted by atomic mass is 16.3. The first-order valence-corrected chi connectivity index (χ1v) is 18.4. The van der Waals surface area contributed by atoms with E-state index in [2.05, 4.69) is 102 Å². The number of rotatable bonds is 5. The smallest absolute Gasteiger partial charge is 0.164 e. The molecule has 11 rings (SSSR count). The molecule has 5 heteroatoms. The number of hydrogen-bond donors (Lipinski definition) is 0. The van der Waals surface area contributed by atoms with Crippen molar-refractivity contribution in [2.24, 2.45) is 0 Å². The SMILES string of the molecule is C1=Cc2c(c3cc4cc(-c5ccccc5)ccc4cc3n2-c2cccc3c2oc2cccc(-c4nc(-c5ccccc5)nc(-c5ccccc5)n4)c23)CC1. The molecule has 0 bridgehead atoms. The summed E-state index contributed by atoms with van der Waals surface area (Å²) in [6.07, 6.45) is 6.59. The third-order valence-electron chi connectivity index (χ3n) is 10.7. The molecule has 3 aromatic heterocycles. The van der Waals surface area contributed by atoms with Crippen LogP contribution in [0.5, 0.6) is 0 Å². The maximum absolute atomic E-state index is 6.88. The van der Waals surface area contributed by atoms with Crippen molar-refractivity contribution in [2.45, 2.75) is 12.8 Å². The Balaban J connectivity index is 1.13. The molecule has 0 unspecified atom stereocenters. The van der Waals surface area contributed by atoms with Gasteiger partial charge in [0.15, 0.2) is 23.1 Å². The quantitative estimate of drug-likeness (QED) is 0.180. The Bertz CT molecular complexity index is 3030. The standard InChI is InChI=1S/C49H32N4O/c1-4-14-31(15-5-1)34-26-27-35-30-43-40(29-36(35)28-34)37-20-10-11-23-41(37)53(43)42-24-12-21-38-45-39(22-13-25-44(45)54-46(38)42)49-51-47(32-16-6-2-7-17-32)50-48(52-49)33-18-8-3-9-19-33/h1-9,11-19,21-30H,10,20H2. The number of furan rings is 1. The van der Waals surface area contributed by atoms with Crippen LogP contribution in [0.3, 0.4) is 0 Å². The molecule has 7 aromatic carbocycles. The number of benzene rings is 7. The van der Waals surface area contributed by atoms with Gasteiger partial charge in [-0.1, -0.05) is 133 Å². The molecule has 0 saturated carbocycles. The Hall–Kier alpha value is -7.11. The van der Waals surface area contributed by atoms with E-state index in [1.165, 1.54) is 44.1 Å². The van der Waals surface area contributed by atoms with Gasteiger partial charge in [0.1, 0.15) is 5.58 Å². The van der Waals surface area contributed by atoms with E-state index >= 15 is 0 Å². The first kappa shape index (κ1) is 30.5. The van der Waals surface area contributed by atoms with Crippen LogP contribution in [0.4, 0.5) is 0 Å². The number of aryl methyl sites for hydroxylation is 1. The van der Waals surface area contributed by atoms with Gasteiger partial charge in [-0.05, 0) is 76.7 Å². The molecule has 1 aliphatic rings. The van der Waals surface area contributed by atoms with Gasteiger partial charge in [-0.25, -0.2) is 15.0 Å². The van der Waals surface area contributed by atoms with Crippen molar-refractivity contribution in [1.29, 1.82) is 0 Å². The van der Waals surface area contributed by atoms with Gasteiger partial charge in [-0.2, -0.15) is 0 Å². The van der Waals surface area contributed by atoms with Gasteiger partial charge >= 0.3 is 0 Å². The summed E-state index contributed by atoms with van der Waals surface area (Å²) in [5, 5.41) is 5.74. The highest BCUT2D eigenvalue weighted by molar-refractivity contribution is 6.14. The summed E-state index contributed by atoms with van der Waals surface area (Å²) >= 11 is 0. The number of aromatic nitrogens is 4. The van der Waals surface area contributed by atoms with E-state index in [-0.39, 0.29) is 0 Å². The lowest BCUT2D eigenvalue weighted by molar-refractivity contribution is 0.665. The van der Waals surface area contributed by atoms with E-state index in [9.17, 15) is 0 Å². The Morgan fingerprint density at radius 2 is 1.20 bits per heavy atom. The summed E-state index contributed by atoms with van der Waals surface area (Å²) in [5.41, 5.74) is 11.6. The molecule has 54 heavy (non-hydrogen) atoms. The number of para-hydroxylation sites is 1. The minimum atomic E-state index is 0.606. The summed E-state index contributed by atoms with van der Waals surface area (Å²) in [4.78, 5) is 15.1. The van der Waals surface area contributed by atoms with Crippen molar-refractivity contribution in [2.75, 3.05) is 0 Å². The molecule has 0 spiro atoms. The summed E-state index contributed by atoms with van der Waals surface area (Å²) in [5.74, 6) is 1.87. The molecule has 10 aromatic rings. The predicted octanol–water partition coefficient (Wildman–Crippen LogP) is 12.5. The van der Waals surface area contributed by atoms with Crippen LogP contribution < -0.4 is 0 Å². The zero-order chi connectivity index (χ0) is 35.6. The first-order valence-electron chi connectivity index (χ1n) is 18.4. The van der Waals surface area contributed by atoms with Crippen molar-refractivity contribution >= 4 is 49.7 Å². The van der Waals surface area contributed by atoms with Crippen LogP contribution in [0, 0.1) is 0 Å². The monoisotopic (exact) mass is 692 g/mol. The van der Waals surface area contributed by atoms with E-state index in [0.29, 0.717) is 17.5 Å². The highest BCUT2D eigenvalue weighted by Gasteiger charge is 2.24. The minimum absolute atomic E-state index is 0.606. The fourth-order valence-electron chi connectivity index (χ4n) is 8.17. The summed E-state index contributed by atoms with van der Waals surface area (Å²) < 4.78 is 9.28. The second kappa shape index (κ2) is 12.2. The zero-order valence-electron chi connectivity index (χ0n) is 29.3. The Morgan fingerprint density at radius 3 is 1.94 bits per heavy atom. The van der Waals surface area contributed by atoms with E-state index in [4.69, 9.17) is 19.4 Å². The number of nitrogens with zero attached hydrogens (tertiary/aromatic N) is 4. The number of allylic oxidation sites excluding steroid dienone is 1. The summed E-state index contributed by atoms with van der Waals surface area (Å²) in [6, 6.07) is 55.0. The van der Waals surface area contributed by atoms with Crippen LogP contribution in [0.1, 0.15) is 17.7 Å². The van der Waals surface area contributed by atoms with Crippen molar-refractivity contribution in [3.63, 3.8) is 0 Å². The zero-order valence-corrected chi connectivity index (χ0v) is 29.3. The second-order valence-electron chi connectivity index (χ2n) is 13.9. The number of fused-ring (bicyclic) bond motifs is 7. The number of hydrogen-bond acceptors (Lipinski definition) is 4. The van der Waals surface area contributed by atoms with Gasteiger partial charge in [0.2, 0.25) is 0 Å². The van der Waals surface area contributed by atoms with Crippen molar-refractivity contribution in [3.8, 4) is 51.0 Å². The Labute approximate surface area is 311 Å². The average molecular weight is 693 g/mol. The fraction of sp³-hybridized carbons (Fsp3) is 0.0408. The first-order chi connectivity index (χ1) is 26.8. The van der Waals surface area contributed by atoms with E-state index in [1.807, 2.05) is 72.8 Å². The molecule has 3 heterocycles. The van der Waals surface area contributed by atoms with Crippen molar-refractivity contribution < 1.29 is 4.42 Å². The van der Waals surface area contributed by atoms with Gasteiger partial charge in [0, 0.05) is 38.5 Å². The third kappa shape index (κ3) is 4.90. The molecule has 0 radical (unpaired) electrons. The lowest BCUT2D eigenvalue weighted by Gasteiger charge is -2.12. The fourth-order valence-corrected chi connectivity index (χ4v) is 8.17. The van der Waals surface area contributed by atoms with Crippen molar-refractivity contribution in [3.05, 3.63) is 175 Å². The molecule has 0 amide bonds. The van der Waals surface area contributed by atoms with Gasteiger partial charge < -0.3 is 8.98 Å². The van der Waals surface area contributed by atoms with E-state index < -0.39 is 0 Å². The van der Waals surface area contributed by atoms with Gasteiger partial charge in [0.05, 0.1) is 11.2 Å². The van der Waals surface area contributed by atoms with Gasteiger partial charge in [0.25, 0.3) is 0 Å². The Morgan fingerprint density at radius 1 is 0.519 bits per heavy atom. The molecule has 0 N–H and O–H groups in total. The van der Waals surface area contributed by atoms with Crippen LogP contribution in [0.15, 0.2) is 168 Å². The largest absolute Gasteiger partial charge is 0.454 e. The minimum Gasteiger partial charge on any atom is -0.454 e. The van der Waals surface area contributed by atoms with Crippen LogP contribution in [0.25, 0.3) is 101 Å². The maximum atomic E-state index is 6.88. The van der Waals surface area contributed by atoms with Crippen LogP contribution in [-0.4, -0.2) is 19.5 Å². The maximum Gasteiger partial charge on any atom is 0.164 e. The lowest BCUT2D eigenvalue weighted by Crippen LogP contribution is -2.01. The van der Waals surface area contributed by atoms with Crippen LogP contribution in [-0.2, 0) is 6.42 Å². The van der Waals surface area contributed by atoms with Gasteiger partial charge in [-0.3, -0.25) is 0 Å². The third-order valence-corrected chi connectivity index (χ3v) is 10.7. The van der Waals surface area contributed by atoms with Crippen LogP contribution in [0.2, 0.25) is 0 Å².